The monoisotopic (exact) mass is 444 g/mol. The summed E-state index contributed by atoms with van der Waals surface area (Å²) in [5, 5.41) is 5.44. The fourth-order valence-electron chi connectivity index (χ4n) is 2.72. The second kappa shape index (κ2) is 8.79. The van der Waals surface area contributed by atoms with Crippen LogP contribution in [0.4, 0.5) is 4.39 Å². The van der Waals surface area contributed by atoms with Crippen molar-refractivity contribution in [1.29, 1.82) is 0 Å². The highest BCUT2D eigenvalue weighted by atomic mass is 79.9. The van der Waals surface area contributed by atoms with Crippen molar-refractivity contribution in [3.8, 4) is 0 Å². The standard InChI is InChI=1S/C20H18BrFN4O2/c1-26-11-10-23-19(26)18(13-6-8-14(22)9-7-13)25-17(27)12-24-20(28)15-4-2-3-5-16(15)21/h2-11,18H,12H2,1H3,(H,24,28)(H,25,27). The molecule has 3 aromatic rings. The first-order chi connectivity index (χ1) is 13.5. The number of rotatable bonds is 6. The Morgan fingerprint density at radius 1 is 1.18 bits per heavy atom. The highest BCUT2D eigenvalue weighted by Gasteiger charge is 2.21. The number of aromatic nitrogens is 2. The predicted molar refractivity (Wildman–Crippen MR) is 106 cm³/mol. The van der Waals surface area contributed by atoms with Crippen LogP contribution in [0.1, 0.15) is 27.8 Å². The van der Waals surface area contributed by atoms with Gasteiger partial charge in [-0.2, -0.15) is 0 Å². The van der Waals surface area contributed by atoms with Gasteiger partial charge in [0, 0.05) is 23.9 Å². The summed E-state index contributed by atoms with van der Waals surface area (Å²) in [5.74, 6) is -0.526. The topological polar surface area (TPSA) is 76.0 Å². The summed E-state index contributed by atoms with van der Waals surface area (Å²) in [4.78, 5) is 29.0. The van der Waals surface area contributed by atoms with Gasteiger partial charge in [-0.1, -0.05) is 24.3 Å². The minimum Gasteiger partial charge on any atom is -0.343 e. The normalized spacial score (nSPS) is 11.7. The van der Waals surface area contributed by atoms with Crippen LogP contribution in [0.5, 0.6) is 0 Å². The molecule has 8 heteroatoms. The van der Waals surface area contributed by atoms with Gasteiger partial charge in [0.1, 0.15) is 17.7 Å². The zero-order chi connectivity index (χ0) is 20.1. The first kappa shape index (κ1) is 19.8. The third kappa shape index (κ3) is 4.64. The molecule has 0 saturated heterocycles. The summed E-state index contributed by atoms with van der Waals surface area (Å²) in [6, 6.07) is 12.2. The van der Waals surface area contributed by atoms with Gasteiger partial charge in [0.2, 0.25) is 5.91 Å². The number of halogens is 2. The molecule has 0 fully saturated rings. The van der Waals surface area contributed by atoms with Crippen LogP contribution in [-0.2, 0) is 11.8 Å². The number of nitrogens with one attached hydrogen (secondary N) is 2. The SMILES string of the molecule is Cn1ccnc1C(NC(=O)CNC(=O)c1ccccc1Br)c1ccc(F)cc1. The number of carbonyl (C=O) groups is 2. The first-order valence-corrected chi connectivity index (χ1v) is 9.30. The number of aryl methyl sites for hydroxylation is 1. The number of nitrogens with zero attached hydrogens (tertiary/aromatic N) is 2. The van der Waals surface area contributed by atoms with Crippen LogP contribution in [0, 0.1) is 5.82 Å². The summed E-state index contributed by atoms with van der Waals surface area (Å²) in [7, 11) is 1.81. The van der Waals surface area contributed by atoms with Crippen molar-refractivity contribution in [3.63, 3.8) is 0 Å². The van der Waals surface area contributed by atoms with Gasteiger partial charge < -0.3 is 15.2 Å². The molecular weight excluding hydrogens is 427 g/mol. The Bertz CT molecular complexity index is 988. The lowest BCUT2D eigenvalue weighted by Crippen LogP contribution is -2.39. The molecule has 144 valence electrons. The number of hydrogen-bond acceptors (Lipinski definition) is 3. The molecule has 0 aliphatic rings. The Labute approximate surface area is 169 Å². The molecule has 1 aromatic heterocycles. The molecule has 0 bridgehead atoms. The molecule has 0 aliphatic heterocycles. The largest absolute Gasteiger partial charge is 0.343 e. The lowest BCUT2D eigenvalue weighted by molar-refractivity contribution is -0.120. The molecule has 0 spiro atoms. The van der Waals surface area contributed by atoms with Crippen LogP contribution in [-0.4, -0.2) is 27.9 Å². The van der Waals surface area contributed by atoms with Crippen molar-refractivity contribution in [1.82, 2.24) is 20.2 Å². The fraction of sp³-hybridized carbons (Fsp3) is 0.150. The maximum atomic E-state index is 13.3. The van der Waals surface area contributed by atoms with Crippen molar-refractivity contribution >= 4 is 27.7 Å². The Kier molecular flexibility index (Phi) is 6.20. The van der Waals surface area contributed by atoms with Crippen LogP contribution in [0.15, 0.2) is 65.4 Å². The van der Waals surface area contributed by atoms with E-state index < -0.39 is 11.9 Å². The van der Waals surface area contributed by atoms with E-state index in [0.717, 1.165) is 0 Å². The van der Waals surface area contributed by atoms with Crippen molar-refractivity contribution in [2.45, 2.75) is 6.04 Å². The fourth-order valence-corrected chi connectivity index (χ4v) is 3.19. The summed E-state index contributed by atoms with van der Waals surface area (Å²) >= 11 is 3.31. The molecule has 1 unspecified atom stereocenters. The first-order valence-electron chi connectivity index (χ1n) is 8.50. The number of hydrogen-bond donors (Lipinski definition) is 2. The van der Waals surface area contributed by atoms with Gasteiger partial charge in [-0.25, -0.2) is 9.37 Å². The maximum Gasteiger partial charge on any atom is 0.252 e. The van der Waals surface area contributed by atoms with E-state index in [1.165, 1.54) is 12.1 Å². The minimum atomic E-state index is -0.575. The van der Waals surface area contributed by atoms with E-state index in [-0.39, 0.29) is 18.3 Å². The second-order valence-electron chi connectivity index (χ2n) is 6.11. The number of imidazole rings is 1. The van der Waals surface area contributed by atoms with E-state index in [1.54, 1.807) is 60.4 Å². The number of benzene rings is 2. The highest BCUT2D eigenvalue weighted by molar-refractivity contribution is 9.10. The number of carbonyl (C=O) groups excluding carboxylic acids is 2. The maximum absolute atomic E-state index is 13.3. The minimum absolute atomic E-state index is 0.206. The van der Waals surface area contributed by atoms with Gasteiger partial charge in [0.05, 0.1) is 12.1 Å². The van der Waals surface area contributed by atoms with E-state index in [2.05, 4.69) is 31.5 Å². The highest BCUT2D eigenvalue weighted by Crippen LogP contribution is 2.21. The van der Waals surface area contributed by atoms with E-state index in [4.69, 9.17) is 0 Å². The Hall–Kier alpha value is -3.00. The van der Waals surface area contributed by atoms with Crippen LogP contribution < -0.4 is 10.6 Å². The third-order valence-electron chi connectivity index (χ3n) is 4.15. The van der Waals surface area contributed by atoms with Crippen molar-refractivity contribution in [3.05, 3.63) is 88.2 Å². The van der Waals surface area contributed by atoms with Gasteiger partial charge in [-0.3, -0.25) is 9.59 Å². The van der Waals surface area contributed by atoms with Gasteiger partial charge in [-0.15, -0.1) is 0 Å². The van der Waals surface area contributed by atoms with Gasteiger partial charge in [0.15, 0.2) is 0 Å². The number of amides is 2. The summed E-state index contributed by atoms with van der Waals surface area (Å²) < 4.78 is 15.7. The van der Waals surface area contributed by atoms with E-state index in [0.29, 0.717) is 21.4 Å². The van der Waals surface area contributed by atoms with Crippen molar-refractivity contribution in [2.24, 2.45) is 7.05 Å². The molecule has 2 aromatic carbocycles. The van der Waals surface area contributed by atoms with E-state index >= 15 is 0 Å². The zero-order valence-corrected chi connectivity index (χ0v) is 16.6. The van der Waals surface area contributed by atoms with E-state index in [9.17, 15) is 14.0 Å². The van der Waals surface area contributed by atoms with Gasteiger partial charge in [0.25, 0.3) is 5.91 Å². The third-order valence-corrected chi connectivity index (χ3v) is 4.84. The lowest BCUT2D eigenvalue weighted by atomic mass is 10.1. The molecule has 2 N–H and O–H groups in total. The molecule has 3 rings (SSSR count). The molecule has 1 heterocycles. The lowest BCUT2D eigenvalue weighted by Gasteiger charge is -2.19. The Morgan fingerprint density at radius 3 is 2.54 bits per heavy atom. The smallest absolute Gasteiger partial charge is 0.252 e. The molecule has 1 atom stereocenters. The van der Waals surface area contributed by atoms with Gasteiger partial charge in [-0.05, 0) is 45.8 Å². The molecule has 0 aliphatic carbocycles. The molecule has 2 amide bonds. The molecular formula is C20H18BrFN4O2. The van der Waals surface area contributed by atoms with Crippen molar-refractivity contribution < 1.29 is 14.0 Å². The molecule has 0 radical (unpaired) electrons. The zero-order valence-electron chi connectivity index (χ0n) is 15.0. The predicted octanol–water partition coefficient (Wildman–Crippen LogP) is 2.96. The summed E-state index contributed by atoms with van der Waals surface area (Å²) in [5.41, 5.74) is 1.12. The van der Waals surface area contributed by atoms with Crippen LogP contribution >= 0.6 is 15.9 Å². The van der Waals surface area contributed by atoms with E-state index in [1.807, 2.05) is 0 Å². The molecule has 0 saturated carbocycles. The van der Waals surface area contributed by atoms with Crippen LogP contribution in [0.3, 0.4) is 0 Å². The van der Waals surface area contributed by atoms with Crippen LogP contribution in [0.25, 0.3) is 0 Å². The molecule has 6 nitrogen and oxygen atoms in total. The Morgan fingerprint density at radius 2 is 1.89 bits per heavy atom. The summed E-state index contributed by atoms with van der Waals surface area (Å²) in [6.45, 7) is -0.206. The summed E-state index contributed by atoms with van der Waals surface area (Å²) in [6.07, 6.45) is 3.37. The van der Waals surface area contributed by atoms with Crippen molar-refractivity contribution in [2.75, 3.05) is 6.54 Å². The second-order valence-corrected chi connectivity index (χ2v) is 6.97. The average molecular weight is 445 g/mol. The quantitative estimate of drug-likeness (QED) is 0.613. The average Bonchev–Trinajstić information content (AvgIpc) is 3.11. The van der Waals surface area contributed by atoms with Crippen LogP contribution in [0.2, 0.25) is 0 Å². The van der Waals surface area contributed by atoms with Gasteiger partial charge >= 0.3 is 0 Å². The molecule has 28 heavy (non-hydrogen) atoms. The Balaban J connectivity index is 1.71.